The van der Waals surface area contributed by atoms with Crippen molar-refractivity contribution < 1.29 is 9.53 Å². The lowest BCUT2D eigenvalue weighted by Gasteiger charge is -2.39. The van der Waals surface area contributed by atoms with Crippen molar-refractivity contribution in [2.75, 3.05) is 44.3 Å². The van der Waals surface area contributed by atoms with Crippen molar-refractivity contribution in [2.24, 2.45) is 11.8 Å². The number of hydrogen-bond acceptors (Lipinski definition) is 4. The van der Waals surface area contributed by atoms with Crippen LogP contribution in [0, 0.1) is 11.8 Å². The van der Waals surface area contributed by atoms with Crippen LogP contribution in [-0.4, -0.2) is 66.0 Å². The summed E-state index contributed by atoms with van der Waals surface area (Å²) in [6, 6.07) is 8.61. The molecule has 5 heteroatoms. The Balaban J connectivity index is 1.34. The lowest BCUT2D eigenvalue weighted by Crippen LogP contribution is -2.45. The number of nitrogens with zero attached hydrogens (tertiary/aromatic N) is 2. The smallest absolute Gasteiger partial charge is 0.257 e. The van der Waals surface area contributed by atoms with Gasteiger partial charge in [-0.1, -0.05) is 19.1 Å². The van der Waals surface area contributed by atoms with Gasteiger partial charge in [0.2, 0.25) is 0 Å². The van der Waals surface area contributed by atoms with Gasteiger partial charge in [-0.05, 0) is 74.6 Å². The van der Waals surface area contributed by atoms with Gasteiger partial charge in [0.1, 0.15) is 5.75 Å². The van der Waals surface area contributed by atoms with Crippen molar-refractivity contribution >= 4 is 17.7 Å². The number of likely N-dealkylation sites (tertiary alicyclic amines) is 2. The molecule has 3 saturated heterocycles. The molecular weight excluding hydrogens is 380 g/mol. The van der Waals surface area contributed by atoms with Crippen LogP contribution in [0.5, 0.6) is 5.75 Å². The van der Waals surface area contributed by atoms with Gasteiger partial charge in [0.05, 0.1) is 12.2 Å². The predicted molar refractivity (Wildman–Crippen MR) is 121 cm³/mol. The standard InChI is InChI=1S/C24H36N2O2S/c1-19-8-13-25(14-9-19)24(27)22-6-2-3-7-23(22)28-18-20-5-4-12-26(17-20)21-10-15-29-16-11-21/h2-3,6-7,19-21H,4-5,8-18H2,1H3. The minimum Gasteiger partial charge on any atom is -0.492 e. The third-order valence-electron chi connectivity index (χ3n) is 6.92. The Morgan fingerprint density at radius 2 is 1.83 bits per heavy atom. The summed E-state index contributed by atoms with van der Waals surface area (Å²) < 4.78 is 6.27. The normalized spacial score (nSPS) is 25.1. The number of carbonyl (C=O) groups is 1. The topological polar surface area (TPSA) is 32.8 Å². The van der Waals surface area contributed by atoms with Crippen LogP contribution in [0.15, 0.2) is 24.3 Å². The van der Waals surface area contributed by atoms with Gasteiger partial charge in [-0.15, -0.1) is 0 Å². The summed E-state index contributed by atoms with van der Waals surface area (Å²) in [5, 5.41) is 0. The van der Waals surface area contributed by atoms with Crippen molar-refractivity contribution in [1.82, 2.24) is 9.80 Å². The van der Waals surface area contributed by atoms with Crippen molar-refractivity contribution in [3.63, 3.8) is 0 Å². The second-order valence-electron chi connectivity index (χ2n) is 9.13. The molecule has 0 radical (unpaired) electrons. The first kappa shape index (κ1) is 21.0. The molecule has 0 spiro atoms. The minimum atomic E-state index is 0.137. The van der Waals surface area contributed by atoms with Gasteiger partial charge in [0, 0.05) is 31.6 Å². The van der Waals surface area contributed by atoms with Gasteiger partial charge in [-0.2, -0.15) is 11.8 Å². The quantitative estimate of drug-likeness (QED) is 0.705. The van der Waals surface area contributed by atoms with E-state index in [-0.39, 0.29) is 5.91 Å². The van der Waals surface area contributed by atoms with Crippen LogP contribution in [-0.2, 0) is 0 Å². The molecular formula is C24H36N2O2S. The molecule has 3 heterocycles. The molecule has 3 aliphatic rings. The van der Waals surface area contributed by atoms with Crippen molar-refractivity contribution in [1.29, 1.82) is 0 Å². The Hall–Kier alpha value is -1.20. The van der Waals surface area contributed by atoms with E-state index >= 15 is 0 Å². The Kier molecular flexibility index (Phi) is 7.41. The number of amides is 1. The SMILES string of the molecule is CC1CCN(C(=O)c2ccccc2OCC2CCCN(C3CCSCC3)C2)CC1. The molecule has 0 N–H and O–H groups in total. The minimum absolute atomic E-state index is 0.137. The van der Waals surface area contributed by atoms with Gasteiger partial charge in [-0.25, -0.2) is 0 Å². The summed E-state index contributed by atoms with van der Waals surface area (Å²) in [4.78, 5) is 17.8. The molecule has 0 bridgehead atoms. The van der Waals surface area contributed by atoms with E-state index < -0.39 is 0 Å². The van der Waals surface area contributed by atoms with E-state index in [0.717, 1.165) is 62.4 Å². The highest BCUT2D eigenvalue weighted by Crippen LogP contribution is 2.28. The number of benzene rings is 1. The molecule has 1 aromatic rings. The zero-order chi connectivity index (χ0) is 20.1. The highest BCUT2D eigenvalue weighted by molar-refractivity contribution is 7.99. The first-order chi connectivity index (χ1) is 14.2. The van der Waals surface area contributed by atoms with Crippen LogP contribution in [0.4, 0.5) is 0 Å². The largest absolute Gasteiger partial charge is 0.492 e. The summed E-state index contributed by atoms with van der Waals surface area (Å²) in [7, 11) is 0. The molecule has 0 saturated carbocycles. The van der Waals surface area contributed by atoms with E-state index in [1.807, 2.05) is 29.2 Å². The molecule has 3 aliphatic heterocycles. The maximum absolute atomic E-state index is 13.1. The average Bonchev–Trinajstić information content (AvgIpc) is 2.79. The van der Waals surface area contributed by atoms with Gasteiger partial charge >= 0.3 is 0 Å². The Labute approximate surface area is 180 Å². The van der Waals surface area contributed by atoms with Crippen LogP contribution in [0.3, 0.4) is 0 Å². The molecule has 1 unspecified atom stereocenters. The molecule has 29 heavy (non-hydrogen) atoms. The lowest BCUT2D eigenvalue weighted by atomic mass is 9.96. The van der Waals surface area contributed by atoms with Crippen LogP contribution < -0.4 is 4.74 Å². The van der Waals surface area contributed by atoms with Crippen molar-refractivity contribution in [3.05, 3.63) is 29.8 Å². The maximum atomic E-state index is 13.1. The van der Waals surface area contributed by atoms with Crippen LogP contribution in [0.1, 0.15) is 55.8 Å². The zero-order valence-electron chi connectivity index (χ0n) is 17.9. The Bertz CT molecular complexity index is 669. The molecule has 0 aromatic heterocycles. The second-order valence-corrected chi connectivity index (χ2v) is 10.4. The zero-order valence-corrected chi connectivity index (χ0v) is 18.7. The molecule has 3 fully saturated rings. The van der Waals surface area contributed by atoms with E-state index in [2.05, 4.69) is 23.6 Å². The van der Waals surface area contributed by atoms with Crippen LogP contribution in [0.25, 0.3) is 0 Å². The van der Waals surface area contributed by atoms with Crippen molar-refractivity contribution in [2.45, 2.75) is 51.5 Å². The highest BCUT2D eigenvalue weighted by Gasteiger charge is 2.28. The van der Waals surface area contributed by atoms with Gasteiger partial charge in [0.15, 0.2) is 0 Å². The van der Waals surface area contributed by atoms with Gasteiger partial charge in [0.25, 0.3) is 5.91 Å². The van der Waals surface area contributed by atoms with E-state index in [4.69, 9.17) is 4.74 Å². The molecule has 1 amide bonds. The molecule has 4 rings (SSSR count). The summed E-state index contributed by atoms with van der Waals surface area (Å²) in [5.74, 6) is 4.82. The van der Waals surface area contributed by atoms with E-state index in [9.17, 15) is 4.79 Å². The highest BCUT2D eigenvalue weighted by atomic mass is 32.2. The Morgan fingerprint density at radius 1 is 1.07 bits per heavy atom. The fourth-order valence-corrected chi connectivity index (χ4v) is 6.06. The molecule has 160 valence electrons. The summed E-state index contributed by atoms with van der Waals surface area (Å²) >= 11 is 2.10. The summed E-state index contributed by atoms with van der Waals surface area (Å²) in [6.45, 7) is 7.12. The number of para-hydroxylation sites is 1. The maximum Gasteiger partial charge on any atom is 0.257 e. The lowest BCUT2D eigenvalue weighted by molar-refractivity contribution is 0.0685. The summed E-state index contributed by atoms with van der Waals surface area (Å²) in [6.07, 6.45) is 7.38. The number of carbonyl (C=O) groups excluding carboxylic acids is 1. The third kappa shape index (κ3) is 5.49. The number of rotatable bonds is 5. The molecule has 0 aliphatic carbocycles. The fraction of sp³-hybridized carbons (Fsp3) is 0.708. The second kappa shape index (κ2) is 10.2. The number of thioether (sulfide) groups is 1. The first-order valence-electron chi connectivity index (χ1n) is 11.5. The van der Waals surface area contributed by atoms with Gasteiger partial charge < -0.3 is 9.64 Å². The third-order valence-corrected chi connectivity index (χ3v) is 7.97. The molecule has 4 nitrogen and oxygen atoms in total. The fourth-order valence-electron chi connectivity index (χ4n) is 4.97. The predicted octanol–water partition coefficient (Wildman–Crippen LogP) is 4.55. The molecule has 1 aromatic carbocycles. The average molecular weight is 417 g/mol. The van der Waals surface area contributed by atoms with E-state index in [1.54, 1.807) is 0 Å². The van der Waals surface area contributed by atoms with Crippen molar-refractivity contribution in [3.8, 4) is 5.75 Å². The number of hydrogen-bond donors (Lipinski definition) is 0. The molecule has 1 atom stereocenters. The van der Waals surface area contributed by atoms with Crippen LogP contribution >= 0.6 is 11.8 Å². The number of ether oxygens (including phenoxy) is 1. The van der Waals surface area contributed by atoms with Crippen LogP contribution in [0.2, 0.25) is 0 Å². The summed E-state index contributed by atoms with van der Waals surface area (Å²) in [5.41, 5.74) is 0.735. The van der Waals surface area contributed by atoms with E-state index in [0.29, 0.717) is 5.92 Å². The first-order valence-corrected chi connectivity index (χ1v) is 12.7. The Morgan fingerprint density at radius 3 is 2.62 bits per heavy atom. The van der Waals surface area contributed by atoms with E-state index in [1.165, 1.54) is 43.7 Å². The number of piperidine rings is 2. The van der Waals surface area contributed by atoms with Gasteiger partial charge in [-0.3, -0.25) is 9.69 Å². The monoisotopic (exact) mass is 416 g/mol.